The number of rotatable bonds is 3. The molecule has 0 saturated heterocycles. The third kappa shape index (κ3) is 4.06. The molecule has 0 radical (unpaired) electrons. The van der Waals surface area contributed by atoms with Crippen molar-refractivity contribution in [1.82, 2.24) is 0 Å². The van der Waals surface area contributed by atoms with Gasteiger partial charge in [-0.25, -0.2) is 0 Å². The monoisotopic (exact) mass is 406 g/mol. The first-order valence-corrected chi connectivity index (χ1v) is 9.11. The Morgan fingerprint density at radius 2 is 1.90 bits per heavy atom. The number of carbonyl (C=O) groups is 2. The Kier molecular flexibility index (Phi) is 5.30. The van der Waals surface area contributed by atoms with E-state index in [-0.39, 0.29) is 18.2 Å². The predicted octanol–water partition coefficient (Wildman–Crippen LogP) is 4.73. The molecule has 2 aromatic rings. The third-order valence-electron chi connectivity index (χ3n) is 4.71. The van der Waals surface area contributed by atoms with Crippen LogP contribution in [0.5, 0.6) is 5.75 Å². The molecule has 2 amide bonds. The maximum absolute atomic E-state index is 13.2. The Labute approximate surface area is 166 Å². The molecule has 0 aliphatic carbocycles. The van der Waals surface area contributed by atoms with Crippen LogP contribution in [0.2, 0.25) is 0 Å². The molecular formula is C21H21F3N2O3. The molecule has 1 aliphatic heterocycles. The number of carbonyl (C=O) groups excluding carboxylic acids is 2. The molecule has 1 heterocycles. The number of ether oxygens (including phenoxy) is 1. The van der Waals surface area contributed by atoms with Crippen molar-refractivity contribution >= 4 is 23.2 Å². The van der Waals surface area contributed by atoms with Gasteiger partial charge in [-0.2, -0.15) is 13.2 Å². The highest BCUT2D eigenvalue weighted by atomic mass is 19.4. The van der Waals surface area contributed by atoms with E-state index in [4.69, 9.17) is 4.74 Å². The van der Waals surface area contributed by atoms with E-state index >= 15 is 0 Å². The zero-order chi connectivity index (χ0) is 21.4. The molecule has 0 atom stereocenters. The number of anilines is 2. The first kappa shape index (κ1) is 20.7. The van der Waals surface area contributed by atoms with Gasteiger partial charge in [0.25, 0.3) is 5.91 Å². The fourth-order valence-corrected chi connectivity index (χ4v) is 3.17. The minimum Gasteiger partial charge on any atom is -0.490 e. The van der Waals surface area contributed by atoms with Gasteiger partial charge in [0.1, 0.15) is 12.4 Å². The molecule has 0 saturated carbocycles. The molecule has 3 rings (SSSR count). The minimum atomic E-state index is -4.64. The number of alkyl halides is 3. The fourth-order valence-electron chi connectivity index (χ4n) is 3.17. The largest absolute Gasteiger partial charge is 0.490 e. The first-order valence-electron chi connectivity index (χ1n) is 9.11. The van der Waals surface area contributed by atoms with Crippen molar-refractivity contribution in [2.45, 2.75) is 26.9 Å². The van der Waals surface area contributed by atoms with E-state index in [1.54, 1.807) is 24.8 Å². The van der Waals surface area contributed by atoms with Crippen LogP contribution in [0.3, 0.4) is 0 Å². The standard InChI is InChI=1S/C21H21F3N2O3/c1-4-26-16-10-9-13(11-17(16)29-12-20(2,3)19(26)28)25-18(27)14-7-5-6-8-15(14)21(22,23)24/h5-11H,4,12H2,1-3H3,(H,25,27). The van der Waals surface area contributed by atoms with Crippen LogP contribution in [-0.2, 0) is 11.0 Å². The van der Waals surface area contributed by atoms with Crippen LogP contribution in [0.4, 0.5) is 24.5 Å². The van der Waals surface area contributed by atoms with E-state index in [9.17, 15) is 22.8 Å². The van der Waals surface area contributed by atoms with Crippen molar-refractivity contribution < 1.29 is 27.5 Å². The summed E-state index contributed by atoms with van der Waals surface area (Å²) in [4.78, 5) is 26.8. The predicted molar refractivity (Wildman–Crippen MR) is 103 cm³/mol. The summed E-state index contributed by atoms with van der Waals surface area (Å²) in [6.45, 7) is 5.97. The van der Waals surface area contributed by atoms with E-state index in [2.05, 4.69) is 5.32 Å². The highest BCUT2D eigenvalue weighted by molar-refractivity contribution is 6.06. The topological polar surface area (TPSA) is 58.6 Å². The van der Waals surface area contributed by atoms with E-state index in [1.165, 1.54) is 24.3 Å². The van der Waals surface area contributed by atoms with Crippen molar-refractivity contribution in [1.29, 1.82) is 0 Å². The summed E-state index contributed by atoms with van der Waals surface area (Å²) in [5, 5.41) is 2.48. The molecule has 8 heteroatoms. The van der Waals surface area contributed by atoms with Gasteiger partial charge < -0.3 is 15.0 Å². The van der Waals surface area contributed by atoms with Crippen molar-refractivity contribution in [3.63, 3.8) is 0 Å². The lowest BCUT2D eigenvalue weighted by atomic mass is 9.93. The first-order chi connectivity index (χ1) is 13.5. The van der Waals surface area contributed by atoms with Gasteiger partial charge in [0.15, 0.2) is 0 Å². The fraction of sp³-hybridized carbons (Fsp3) is 0.333. The molecule has 1 aliphatic rings. The molecule has 0 unspecified atom stereocenters. The van der Waals surface area contributed by atoms with E-state index in [0.717, 1.165) is 12.1 Å². The Morgan fingerprint density at radius 1 is 1.21 bits per heavy atom. The Morgan fingerprint density at radius 3 is 2.55 bits per heavy atom. The van der Waals surface area contributed by atoms with Gasteiger partial charge in [0, 0.05) is 18.3 Å². The molecule has 2 aromatic carbocycles. The average molecular weight is 406 g/mol. The van der Waals surface area contributed by atoms with E-state index in [0.29, 0.717) is 18.0 Å². The van der Waals surface area contributed by atoms with Crippen LogP contribution in [0, 0.1) is 5.41 Å². The summed E-state index contributed by atoms with van der Waals surface area (Å²) < 4.78 is 45.3. The number of nitrogens with one attached hydrogen (secondary N) is 1. The lowest BCUT2D eigenvalue weighted by Gasteiger charge is -2.26. The Hall–Kier alpha value is -3.03. The molecule has 0 spiro atoms. The summed E-state index contributed by atoms with van der Waals surface area (Å²) in [7, 11) is 0. The second-order valence-electron chi connectivity index (χ2n) is 7.40. The van der Waals surface area contributed by atoms with Crippen LogP contribution in [0.1, 0.15) is 36.7 Å². The van der Waals surface area contributed by atoms with Crippen LogP contribution in [0.15, 0.2) is 42.5 Å². The second-order valence-corrected chi connectivity index (χ2v) is 7.40. The molecular weight excluding hydrogens is 385 g/mol. The molecule has 29 heavy (non-hydrogen) atoms. The SMILES string of the molecule is CCN1C(=O)C(C)(C)COc2cc(NC(=O)c3ccccc3C(F)(F)F)ccc21. The summed E-state index contributed by atoms with van der Waals surface area (Å²) in [5.41, 5.74) is -1.38. The average Bonchev–Trinajstić information content (AvgIpc) is 2.76. The highest BCUT2D eigenvalue weighted by Crippen LogP contribution is 2.38. The summed E-state index contributed by atoms with van der Waals surface area (Å²) in [6, 6.07) is 9.25. The summed E-state index contributed by atoms with van der Waals surface area (Å²) >= 11 is 0. The number of halogens is 3. The van der Waals surface area contributed by atoms with Gasteiger partial charge in [-0.1, -0.05) is 12.1 Å². The molecule has 0 aromatic heterocycles. The molecule has 5 nitrogen and oxygen atoms in total. The summed E-state index contributed by atoms with van der Waals surface area (Å²) in [5.74, 6) is -0.586. The lowest BCUT2D eigenvalue weighted by Crippen LogP contribution is -2.42. The maximum Gasteiger partial charge on any atom is 0.417 e. The number of amides is 2. The van der Waals surface area contributed by atoms with Crippen LogP contribution >= 0.6 is 0 Å². The zero-order valence-corrected chi connectivity index (χ0v) is 16.3. The van der Waals surface area contributed by atoms with Gasteiger partial charge in [0.05, 0.1) is 22.2 Å². The second kappa shape index (κ2) is 7.42. The zero-order valence-electron chi connectivity index (χ0n) is 16.3. The van der Waals surface area contributed by atoms with Crippen molar-refractivity contribution in [3.05, 3.63) is 53.6 Å². The van der Waals surface area contributed by atoms with E-state index in [1.807, 2.05) is 6.92 Å². The highest BCUT2D eigenvalue weighted by Gasteiger charge is 2.37. The Balaban J connectivity index is 1.92. The number of fused-ring (bicyclic) bond motifs is 1. The third-order valence-corrected chi connectivity index (χ3v) is 4.71. The van der Waals surface area contributed by atoms with Crippen molar-refractivity contribution in [3.8, 4) is 5.75 Å². The Bertz CT molecular complexity index is 954. The maximum atomic E-state index is 13.2. The van der Waals surface area contributed by atoms with Crippen molar-refractivity contribution in [2.24, 2.45) is 5.41 Å². The minimum absolute atomic E-state index is 0.0883. The van der Waals surface area contributed by atoms with Gasteiger partial charge in [-0.3, -0.25) is 9.59 Å². The number of nitrogens with zero attached hydrogens (tertiary/aromatic N) is 1. The number of hydrogen-bond acceptors (Lipinski definition) is 3. The van der Waals surface area contributed by atoms with Gasteiger partial charge in [-0.05, 0) is 45.0 Å². The van der Waals surface area contributed by atoms with Crippen LogP contribution < -0.4 is 15.0 Å². The normalized spacial score (nSPS) is 15.9. The quantitative estimate of drug-likeness (QED) is 0.802. The molecule has 0 fully saturated rings. The molecule has 154 valence electrons. The summed E-state index contributed by atoms with van der Waals surface area (Å²) in [6.07, 6.45) is -4.64. The van der Waals surface area contributed by atoms with Gasteiger partial charge >= 0.3 is 6.18 Å². The van der Waals surface area contributed by atoms with Crippen LogP contribution in [-0.4, -0.2) is 25.0 Å². The molecule has 0 bridgehead atoms. The van der Waals surface area contributed by atoms with Crippen molar-refractivity contribution in [2.75, 3.05) is 23.4 Å². The van der Waals surface area contributed by atoms with Crippen LogP contribution in [0.25, 0.3) is 0 Å². The van der Waals surface area contributed by atoms with E-state index < -0.39 is 28.6 Å². The van der Waals surface area contributed by atoms with Gasteiger partial charge in [-0.15, -0.1) is 0 Å². The van der Waals surface area contributed by atoms with Gasteiger partial charge in [0.2, 0.25) is 5.91 Å². The lowest BCUT2D eigenvalue weighted by molar-refractivity contribution is -0.137. The number of hydrogen-bond donors (Lipinski definition) is 1. The molecule has 1 N–H and O–H groups in total. The number of benzene rings is 2. The smallest absolute Gasteiger partial charge is 0.417 e.